The quantitative estimate of drug-likeness (QED) is 0.305. The number of unbranched alkanes of at least 4 members (excludes halogenated alkanes) is 1. The van der Waals surface area contributed by atoms with Crippen molar-refractivity contribution < 1.29 is 23.8 Å². The van der Waals surface area contributed by atoms with Gasteiger partial charge in [-0.1, -0.05) is 13.3 Å². The third-order valence-electron chi connectivity index (χ3n) is 4.30. The molecule has 2 N–H and O–H groups in total. The van der Waals surface area contributed by atoms with Gasteiger partial charge < -0.3 is 19.5 Å². The van der Waals surface area contributed by atoms with Gasteiger partial charge in [-0.3, -0.25) is 9.59 Å². The average molecular weight is 428 g/mol. The summed E-state index contributed by atoms with van der Waals surface area (Å²) < 4.78 is 16.1. The summed E-state index contributed by atoms with van der Waals surface area (Å²) in [5, 5.41) is 6.66. The lowest BCUT2D eigenvalue weighted by Crippen LogP contribution is -2.20. The first-order chi connectivity index (χ1) is 15.0. The van der Waals surface area contributed by atoms with E-state index in [1.807, 2.05) is 6.07 Å². The highest BCUT2D eigenvalue weighted by atomic mass is 16.5. The maximum atomic E-state index is 12.0. The Labute approximate surface area is 182 Å². The lowest BCUT2D eigenvalue weighted by Gasteiger charge is -2.10. The highest BCUT2D eigenvalue weighted by Crippen LogP contribution is 2.27. The fourth-order valence-corrected chi connectivity index (χ4v) is 2.57. The zero-order valence-corrected chi connectivity index (χ0v) is 18.1. The summed E-state index contributed by atoms with van der Waals surface area (Å²) in [6.45, 7) is 2.73. The second-order valence-corrected chi connectivity index (χ2v) is 6.68. The molecule has 2 aromatic carbocycles. The van der Waals surface area contributed by atoms with Gasteiger partial charge in [0.2, 0.25) is 11.8 Å². The van der Waals surface area contributed by atoms with Gasteiger partial charge in [-0.25, -0.2) is 5.43 Å². The van der Waals surface area contributed by atoms with E-state index < -0.39 is 0 Å². The van der Waals surface area contributed by atoms with E-state index in [4.69, 9.17) is 14.2 Å². The molecule has 0 aliphatic rings. The summed E-state index contributed by atoms with van der Waals surface area (Å²) in [6, 6.07) is 12.4. The van der Waals surface area contributed by atoms with Gasteiger partial charge in [0.05, 0.1) is 27.0 Å². The fourth-order valence-electron chi connectivity index (χ4n) is 2.57. The van der Waals surface area contributed by atoms with Crippen molar-refractivity contribution in [3.05, 3.63) is 48.0 Å². The number of rotatable bonds is 12. The molecular weight excluding hydrogens is 398 g/mol. The second-order valence-electron chi connectivity index (χ2n) is 6.68. The number of amides is 2. The van der Waals surface area contributed by atoms with Crippen molar-refractivity contribution in [2.45, 2.75) is 32.6 Å². The van der Waals surface area contributed by atoms with Crippen LogP contribution in [0, 0.1) is 0 Å². The molecule has 0 heterocycles. The molecule has 0 unspecified atom stereocenters. The minimum atomic E-state index is -0.354. The van der Waals surface area contributed by atoms with Crippen molar-refractivity contribution in [3.8, 4) is 17.2 Å². The van der Waals surface area contributed by atoms with Crippen molar-refractivity contribution in [1.82, 2.24) is 5.43 Å². The van der Waals surface area contributed by atoms with E-state index in [0.717, 1.165) is 18.4 Å². The van der Waals surface area contributed by atoms with Crippen molar-refractivity contribution in [2.24, 2.45) is 5.10 Å². The standard InChI is InChI=1S/C23H29N3O5/c1-4-5-14-31-20-11-6-17(15-21(20)30-3)16-24-26-23(28)13-12-22(27)25-18-7-9-19(29-2)10-8-18/h6-11,15-16H,4-5,12-14H2,1-3H3,(H,25,27)(H,26,28). The number of nitrogens with zero attached hydrogens (tertiary/aromatic N) is 1. The summed E-state index contributed by atoms with van der Waals surface area (Å²) in [4.78, 5) is 23.9. The molecule has 2 amide bonds. The van der Waals surface area contributed by atoms with Crippen LogP contribution < -0.4 is 25.0 Å². The predicted molar refractivity (Wildman–Crippen MR) is 120 cm³/mol. The number of benzene rings is 2. The third kappa shape index (κ3) is 8.38. The van der Waals surface area contributed by atoms with E-state index in [-0.39, 0.29) is 24.7 Å². The van der Waals surface area contributed by atoms with Gasteiger partial charge in [-0.05, 0) is 54.4 Å². The molecular formula is C23H29N3O5. The van der Waals surface area contributed by atoms with Gasteiger partial charge in [-0.2, -0.15) is 5.10 Å². The number of carbonyl (C=O) groups excluding carboxylic acids is 2. The van der Waals surface area contributed by atoms with Crippen LogP contribution in [0.2, 0.25) is 0 Å². The Balaban J connectivity index is 1.77. The SMILES string of the molecule is CCCCOc1ccc(C=NNC(=O)CCC(=O)Nc2ccc(OC)cc2)cc1OC. The van der Waals surface area contributed by atoms with E-state index in [0.29, 0.717) is 29.5 Å². The van der Waals surface area contributed by atoms with Crippen LogP contribution in [0.15, 0.2) is 47.6 Å². The monoisotopic (exact) mass is 427 g/mol. The Hall–Kier alpha value is -3.55. The van der Waals surface area contributed by atoms with Crippen LogP contribution in [0.1, 0.15) is 38.2 Å². The van der Waals surface area contributed by atoms with E-state index in [9.17, 15) is 9.59 Å². The topological polar surface area (TPSA) is 98.2 Å². The fraction of sp³-hybridized carbons (Fsp3) is 0.348. The Morgan fingerprint density at radius 2 is 1.71 bits per heavy atom. The van der Waals surface area contributed by atoms with Crippen LogP contribution in [0.3, 0.4) is 0 Å². The number of nitrogens with one attached hydrogen (secondary N) is 2. The van der Waals surface area contributed by atoms with Crippen LogP contribution in [-0.4, -0.2) is 38.9 Å². The van der Waals surface area contributed by atoms with E-state index >= 15 is 0 Å². The van der Waals surface area contributed by atoms with Crippen molar-refractivity contribution in [3.63, 3.8) is 0 Å². The number of ether oxygens (including phenoxy) is 3. The Bertz CT molecular complexity index is 881. The number of methoxy groups -OCH3 is 2. The van der Waals surface area contributed by atoms with Gasteiger partial charge >= 0.3 is 0 Å². The average Bonchev–Trinajstić information content (AvgIpc) is 2.79. The summed E-state index contributed by atoms with van der Waals surface area (Å²) in [7, 11) is 3.14. The van der Waals surface area contributed by atoms with Crippen molar-refractivity contribution in [1.29, 1.82) is 0 Å². The van der Waals surface area contributed by atoms with Gasteiger partial charge in [0.1, 0.15) is 5.75 Å². The van der Waals surface area contributed by atoms with Crippen LogP contribution in [-0.2, 0) is 9.59 Å². The molecule has 0 saturated heterocycles. The van der Waals surface area contributed by atoms with Crippen LogP contribution >= 0.6 is 0 Å². The number of hydrogen-bond donors (Lipinski definition) is 2. The van der Waals surface area contributed by atoms with Gasteiger partial charge in [0.15, 0.2) is 11.5 Å². The Morgan fingerprint density at radius 3 is 2.39 bits per heavy atom. The summed E-state index contributed by atoms with van der Waals surface area (Å²) >= 11 is 0. The third-order valence-corrected chi connectivity index (χ3v) is 4.30. The molecule has 0 saturated carbocycles. The molecule has 0 atom stereocenters. The molecule has 0 bridgehead atoms. The van der Waals surface area contributed by atoms with Crippen LogP contribution in [0.5, 0.6) is 17.2 Å². The minimum absolute atomic E-state index is 0.0207. The molecule has 0 fully saturated rings. The Morgan fingerprint density at radius 1 is 0.968 bits per heavy atom. The molecule has 0 aliphatic carbocycles. The first kappa shape index (κ1) is 23.7. The maximum absolute atomic E-state index is 12.0. The Kier molecular flexibility index (Phi) is 9.87. The molecule has 0 aromatic heterocycles. The zero-order valence-electron chi connectivity index (χ0n) is 18.1. The molecule has 166 valence electrons. The van der Waals surface area contributed by atoms with Gasteiger partial charge in [0, 0.05) is 18.5 Å². The lowest BCUT2D eigenvalue weighted by molar-refractivity contribution is -0.124. The molecule has 0 spiro atoms. The molecule has 8 heteroatoms. The first-order valence-electron chi connectivity index (χ1n) is 10.1. The number of hydrogen-bond acceptors (Lipinski definition) is 6. The molecule has 31 heavy (non-hydrogen) atoms. The normalized spacial score (nSPS) is 10.5. The molecule has 2 aromatic rings. The minimum Gasteiger partial charge on any atom is -0.497 e. The number of hydrazone groups is 1. The van der Waals surface area contributed by atoms with Crippen molar-refractivity contribution in [2.75, 3.05) is 26.1 Å². The maximum Gasteiger partial charge on any atom is 0.240 e. The predicted octanol–water partition coefficient (Wildman–Crippen LogP) is 3.75. The molecule has 2 rings (SSSR count). The van der Waals surface area contributed by atoms with Crippen molar-refractivity contribution >= 4 is 23.7 Å². The summed E-state index contributed by atoms with van der Waals surface area (Å²) in [5.41, 5.74) is 3.81. The molecule has 0 aliphatic heterocycles. The summed E-state index contributed by atoms with van der Waals surface area (Å²) in [6.07, 6.45) is 3.60. The van der Waals surface area contributed by atoms with Gasteiger partial charge in [-0.15, -0.1) is 0 Å². The number of anilines is 1. The van der Waals surface area contributed by atoms with Crippen LogP contribution in [0.4, 0.5) is 5.69 Å². The highest BCUT2D eigenvalue weighted by Gasteiger charge is 2.08. The van der Waals surface area contributed by atoms with Crippen LogP contribution in [0.25, 0.3) is 0 Å². The molecule has 8 nitrogen and oxygen atoms in total. The lowest BCUT2D eigenvalue weighted by atomic mass is 10.2. The smallest absolute Gasteiger partial charge is 0.240 e. The van der Waals surface area contributed by atoms with E-state index in [1.165, 1.54) is 6.21 Å². The molecule has 0 radical (unpaired) electrons. The van der Waals surface area contributed by atoms with E-state index in [2.05, 4.69) is 22.8 Å². The second kappa shape index (κ2) is 12.9. The largest absolute Gasteiger partial charge is 0.497 e. The van der Waals surface area contributed by atoms with Gasteiger partial charge in [0.25, 0.3) is 0 Å². The summed E-state index contributed by atoms with van der Waals surface area (Å²) in [5.74, 6) is 1.36. The van der Waals surface area contributed by atoms with E-state index in [1.54, 1.807) is 50.6 Å². The highest BCUT2D eigenvalue weighted by molar-refractivity contribution is 5.93. The number of carbonyl (C=O) groups is 2. The first-order valence-corrected chi connectivity index (χ1v) is 10.1. The zero-order chi connectivity index (χ0) is 22.5.